The molecule has 1 aliphatic rings. The number of methoxy groups -OCH3 is 1. The number of hydrogen-bond acceptors (Lipinski definition) is 3. The van der Waals surface area contributed by atoms with Crippen molar-refractivity contribution in [3.8, 4) is 11.5 Å². The molecule has 116 valence electrons. The lowest BCUT2D eigenvalue weighted by Crippen LogP contribution is -2.20. The van der Waals surface area contributed by atoms with Gasteiger partial charge >= 0.3 is 0 Å². The Labute approximate surface area is 128 Å². The first-order valence-electron chi connectivity index (χ1n) is 7.84. The highest BCUT2D eigenvalue weighted by Gasteiger charge is 2.17. The van der Waals surface area contributed by atoms with Gasteiger partial charge in [0.25, 0.3) is 0 Å². The summed E-state index contributed by atoms with van der Waals surface area (Å²) in [6.07, 6.45) is 4.86. The summed E-state index contributed by atoms with van der Waals surface area (Å²) in [5.41, 5.74) is 2.61. The van der Waals surface area contributed by atoms with Gasteiger partial charge in [-0.3, -0.25) is 0 Å². The Morgan fingerprint density at radius 1 is 1.29 bits per heavy atom. The van der Waals surface area contributed by atoms with Crippen LogP contribution in [0.3, 0.4) is 0 Å². The van der Waals surface area contributed by atoms with Gasteiger partial charge in [-0.05, 0) is 50.7 Å². The maximum atomic E-state index is 5.55. The third kappa shape index (κ3) is 4.42. The molecule has 2 rings (SSSR count). The van der Waals surface area contributed by atoms with Gasteiger partial charge in [-0.1, -0.05) is 18.6 Å². The molecule has 1 aromatic rings. The Morgan fingerprint density at radius 3 is 2.76 bits per heavy atom. The molecule has 3 nitrogen and oxygen atoms in total. The van der Waals surface area contributed by atoms with Gasteiger partial charge in [-0.15, -0.1) is 0 Å². The molecular weight excluding hydrogens is 262 g/mol. The average Bonchev–Trinajstić information content (AvgIpc) is 2.45. The highest BCUT2D eigenvalue weighted by molar-refractivity contribution is 5.54. The molecule has 1 N–H and O–H groups in total. The fourth-order valence-corrected chi connectivity index (χ4v) is 3.16. The molecule has 0 saturated heterocycles. The van der Waals surface area contributed by atoms with Crippen molar-refractivity contribution in [2.24, 2.45) is 11.8 Å². The van der Waals surface area contributed by atoms with Crippen LogP contribution in [0, 0.1) is 11.8 Å². The second kappa shape index (κ2) is 7.39. The van der Waals surface area contributed by atoms with Crippen molar-refractivity contribution in [1.82, 2.24) is 0 Å². The number of anilines is 1. The van der Waals surface area contributed by atoms with Crippen LogP contribution in [-0.4, -0.2) is 20.3 Å². The van der Waals surface area contributed by atoms with Gasteiger partial charge in [0.15, 0.2) is 11.5 Å². The lowest BCUT2D eigenvalue weighted by atomic mass is 9.84. The smallest absolute Gasteiger partial charge is 0.162 e. The average molecular weight is 289 g/mol. The van der Waals surface area contributed by atoms with Gasteiger partial charge in [0.2, 0.25) is 0 Å². The SMILES string of the molecule is CCOc1ccc(NCC2CC(C)=CC(C)C2)cc1OC. The van der Waals surface area contributed by atoms with Crippen LogP contribution >= 0.6 is 0 Å². The summed E-state index contributed by atoms with van der Waals surface area (Å²) in [4.78, 5) is 0. The van der Waals surface area contributed by atoms with Crippen LogP contribution < -0.4 is 14.8 Å². The quantitative estimate of drug-likeness (QED) is 0.782. The summed E-state index contributed by atoms with van der Waals surface area (Å²) in [5.74, 6) is 2.99. The fraction of sp³-hybridized carbons (Fsp3) is 0.556. The van der Waals surface area contributed by atoms with Gasteiger partial charge in [-0.2, -0.15) is 0 Å². The zero-order chi connectivity index (χ0) is 15.2. The first-order valence-corrected chi connectivity index (χ1v) is 7.84. The summed E-state index contributed by atoms with van der Waals surface area (Å²) in [6, 6.07) is 6.04. The maximum absolute atomic E-state index is 5.55. The van der Waals surface area contributed by atoms with E-state index >= 15 is 0 Å². The zero-order valence-electron chi connectivity index (χ0n) is 13.6. The van der Waals surface area contributed by atoms with E-state index in [-0.39, 0.29) is 0 Å². The molecule has 0 spiro atoms. The number of hydrogen-bond donors (Lipinski definition) is 1. The van der Waals surface area contributed by atoms with Crippen molar-refractivity contribution in [3.63, 3.8) is 0 Å². The highest BCUT2D eigenvalue weighted by Crippen LogP contribution is 2.31. The van der Waals surface area contributed by atoms with Crippen LogP contribution in [0.4, 0.5) is 5.69 Å². The van der Waals surface area contributed by atoms with Crippen molar-refractivity contribution in [1.29, 1.82) is 0 Å². The van der Waals surface area contributed by atoms with Gasteiger partial charge in [0, 0.05) is 18.3 Å². The minimum Gasteiger partial charge on any atom is -0.493 e. The van der Waals surface area contributed by atoms with Crippen LogP contribution in [0.25, 0.3) is 0 Å². The monoisotopic (exact) mass is 289 g/mol. The molecule has 3 heteroatoms. The van der Waals surface area contributed by atoms with Gasteiger partial charge in [-0.25, -0.2) is 0 Å². The molecule has 0 bridgehead atoms. The molecule has 0 saturated carbocycles. The van der Waals surface area contributed by atoms with Crippen molar-refractivity contribution in [2.45, 2.75) is 33.6 Å². The first kappa shape index (κ1) is 15.7. The van der Waals surface area contributed by atoms with E-state index < -0.39 is 0 Å². The summed E-state index contributed by atoms with van der Waals surface area (Å²) in [7, 11) is 1.68. The Morgan fingerprint density at radius 2 is 2.10 bits per heavy atom. The van der Waals surface area contributed by atoms with E-state index in [0.717, 1.165) is 23.7 Å². The normalized spacial score (nSPS) is 21.6. The molecule has 1 aliphatic carbocycles. The van der Waals surface area contributed by atoms with Crippen LogP contribution in [-0.2, 0) is 0 Å². The van der Waals surface area contributed by atoms with Gasteiger partial charge in [0.05, 0.1) is 13.7 Å². The molecule has 0 amide bonds. The predicted octanol–water partition coefficient (Wildman–Crippen LogP) is 4.50. The minimum atomic E-state index is 0.648. The summed E-state index contributed by atoms with van der Waals surface area (Å²) in [5, 5.41) is 3.54. The number of ether oxygens (including phenoxy) is 2. The molecule has 0 radical (unpaired) electrons. The topological polar surface area (TPSA) is 30.5 Å². The second-order valence-corrected chi connectivity index (χ2v) is 5.98. The Bertz CT molecular complexity index is 496. The summed E-state index contributed by atoms with van der Waals surface area (Å²) >= 11 is 0. The van der Waals surface area contributed by atoms with E-state index in [0.29, 0.717) is 18.4 Å². The lowest BCUT2D eigenvalue weighted by Gasteiger charge is -2.26. The van der Waals surface area contributed by atoms with Crippen molar-refractivity contribution >= 4 is 5.69 Å². The van der Waals surface area contributed by atoms with E-state index in [4.69, 9.17) is 9.47 Å². The third-order valence-corrected chi connectivity index (χ3v) is 3.94. The zero-order valence-corrected chi connectivity index (χ0v) is 13.6. The predicted molar refractivity (Wildman–Crippen MR) is 88.3 cm³/mol. The van der Waals surface area contributed by atoms with E-state index in [2.05, 4.69) is 31.3 Å². The number of benzene rings is 1. The minimum absolute atomic E-state index is 0.648. The summed E-state index contributed by atoms with van der Waals surface area (Å²) in [6.45, 7) is 8.17. The van der Waals surface area contributed by atoms with E-state index in [1.165, 1.54) is 18.4 Å². The molecule has 0 fully saturated rings. The third-order valence-electron chi connectivity index (χ3n) is 3.94. The summed E-state index contributed by atoms with van der Waals surface area (Å²) < 4.78 is 10.9. The molecule has 0 aromatic heterocycles. The van der Waals surface area contributed by atoms with E-state index in [9.17, 15) is 0 Å². The molecule has 2 atom stereocenters. The molecular formula is C18H27NO2. The van der Waals surface area contributed by atoms with Crippen LogP contribution in [0.2, 0.25) is 0 Å². The molecule has 1 aromatic carbocycles. The molecule has 0 heterocycles. The Hall–Kier alpha value is -1.64. The van der Waals surface area contributed by atoms with E-state index in [1.54, 1.807) is 7.11 Å². The molecule has 0 aliphatic heterocycles. The van der Waals surface area contributed by atoms with E-state index in [1.807, 2.05) is 19.1 Å². The highest BCUT2D eigenvalue weighted by atomic mass is 16.5. The number of allylic oxidation sites excluding steroid dienone is 2. The van der Waals surface area contributed by atoms with Crippen molar-refractivity contribution in [3.05, 3.63) is 29.8 Å². The molecule has 2 unspecified atom stereocenters. The number of nitrogens with one attached hydrogen (secondary N) is 1. The van der Waals surface area contributed by atoms with Crippen LogP contribution in [0.1, 0.15) is 33.6 Å². The Kier molecular flexibility index (Phi) is 5.54. The first-order chi connectivity index (χ1) is 10.1. The van der Waals surface area contributed by atoms with Crippen LogP contribution in [0.15, 0.2) is 29.8 Å². The Balaban J connectivity index is 1.96. The van der Waals surface area contributed by atoms with Crippen molar-refractivity contribution < 1.29 is 9.47 Å². The fourth-order valence-electron chi connectivity index (χ4n) is 3.16. The molecule has 21 heavy (non-hydrogen) atoms. The number of rotatable bonds is 6. The largest absolute Gasteiger partial charge is 0.493 e. The van der Waals surface area contributed by atoms with Crippen molar-refractivity contribution in [2.75, 3.05) is 25.6 Å². The maximum Gasteiger partial charge on any atom is 0.162 e. The standard InChI is InChI=1S/C18H27NO2/c1-5-21-17-7-6-16(11-18(17)20-4)19-12-15-9-13(2)8-14(3)10-15/h6-8,11,13,15,19H,5,9-10,12H2,1-4H3. The van der Waals surface area contributed by atoms with Crippen LogP contribution in [0.5, 0.6) is 11.5 Å². The van der Waals surface area contributed by atoms with Gasteiger partial charge in [0.1, 0.15) is 0 Å². The second-order valence-electron chi connectivity index (χ2n) is 5.98. The lowest BCUT2D eigenvalue weighted by molar-refractivity contribution is 0.311. The van der Waals surface area contributed by atoms with Gasteiger partial charge < -0.3 is 14.8 Å².